The number of thiazole rings is 1. The van der Waals surface area contributed by atoms with Crippen LogP contribution in [0.2, 0.25) is 0 Å². The molecule has 134 valence electrons. The highest BCUT2D eigenvalue weighted by Crippen LogP contribution is 2.25. The van der Waals surface area contributed by atoms with E-state index in [-0.39, 0.29) is 5.91 Å². The molecule has 1 aromatic heterocycles. The molecular formula is C19H25N3O2S. The third-order valence-corrected chi connectivity index (χ3v) is 5.70. The number of benzene rings is 1. The molecule has 0 aliphatic carbocycles. The van der Waals surface area contributed by atoms with E-state index in [2.05, 4.69) is 15.6 Å². The minimum absolute atomic E-state index is 0.0566. The summed E-state index contributed by atoms with van der Waals surface area (Å²) in [5, 5.41) is 7.42. The molecule has 1 aliphatic rings. The average Bonchev–Trinajstić information content (AvgIpc) is 3.21. The monoisotopic (exact) mass is 359 g/mol. The zero-order valence-electron chi connectivity index (χ0n) is 15.0. The molecule has 1 atom stereocenters. The van der Waals surface area contributed by atoms with E-state index in [1.54, 1.807) is 18.4 Å². The third-order valence-electron chi connectivity index (χ3n) is 4.62. The van der Waals surface area contributed by atoms with Gasteiger partial charge in [0, 0.05) is 10.4 Å². The highest BCUT2D eigenvalue weighted by Gasteiger charge is 2.18. The van der Waals surface area contributed by atoms with Gasteiger partial charge in [0.25, 0.3) is 5.91 Å². The highest BCUT2D eigenvalue weighted by molar-refractivity contribution is 7.11. The van der Waals surface area contributed by atoms with E-state index in [0.717, 1.165) is 46.4 Å². The van der Waals surface area contributed by atoms with Gasteiger partial charge in [0.1, 0.15) is 5.75 Å². The van der Waals surface area contributed by atoms with Gasteiger partial charge in [-0.3, -0.25) is 4.79 Å². The fourth-order valence-electron chi connectivity index (χ4n) is 3.28. The summed E-state index contributed by atoms with van der Waals surface area (Å²) in [7, 11) is 1.68. The normalized spacial score (nSPS) is 16.8. The lowest BCUT2D eigenvalue weighted by Gasteiger charge is -2.14. The molecule has 1 aromatic carbocycles. The molecule has 2 aromatic rings. The van der Waals surface area contributed by atoms with Crippen molar-refractivity contribution in [1.29, 1.82) is 0 Å². The van der Waals surface area contributed by atoms with Crippen LogP contribution in [0.3, 0.4) is 0 Å². The molecule has 2 N–H and O–H groups in total. The number of amides is 1. The number of aromatic nitrogens is 1. The van der Waals surface area contributed by atoms with E-state index in [0.29, 0.717) is 18.0 Å². The molecule has 0 spiro atoms. The molecule has 1 unspecified atom stereocenters. The smallest absolute Gasteiger partial charge is 0.251 e. The van der Waals surface area contributed by atoms with Crippen molar-refractivity contribution in [3.63, 3.8) is 0 Å². The van der Waals surface area contributed by atoms with Crippen LogP contribution in [0.5, 0.6) is 5.75 Å². The number of hydrogen-bond acceptors (Lipinski definition) is 5. The Hall–Kier alpha value is -1.92. The minimum atomic E-state index is -0.0566. The van der Waals surface area contributed by atoms with Crippen molar-refractivity contribution in [2.24, 2.45) is 5.92 Å². The Morgan fingerprint density at radius 2 is 2.28 bits per heavy atom. The van der Waals surface area contributed by atoms with E-state index in [4.69, 9.17) is 4.74 Å². The van der Waals surface area contributed by atoms with Crippen LogP contribution in [0.4, 0.5) is 0 Å². The van der Waals surface area contributed by atoms with Crippen LogP contribution in [0.15, 0.2) is 18.2 Å². The molecular weight excluding hydrogens is 334 g/mol. The largest absolute Gasteiger partial charge is 0.496 e. The molecule has 1 aliphatic heterocycles. The Morgan fingerprint density at radius 1 is 1.44 bits per heavy atom. The molecule has 5 nitrogen and oxygen atoms in total. The van der Waals surface area contributed by atoms with Crippen LogP contribution in [-0.4, -0.2) is 31.1 Å². The van der Waals surface area contributed by atoms with E-state index in [9.17, 15) is 4.79 Å². The number of carbonyl (C=O) groups is 1. The standard InChI is InChI=1S/C19H25N3O2S/c1-12-18(25-13(2)22-12)11-21-19(23)15-4-5-17(24-3)16(9-15)8-14-6-7-20-10-14/h4-5,9,14,20H,6-8,10-11H2,1-3H3,(H,21,23). The van der Waals surface area contributed by atoms with Crippen LogP contribution < -0.4 is 15.4 Å². The van der Waals surface area contributed by atoms with Gasteiger partial charge in [0.2, 0.25) is 0 Å². The van der Waals surface area contributed by atoms with Crippen LogP contribution in [0.25, 0.3) is 0 Å². The van der Waals surface area contributed by atoms with Gasteiger partial charge >= 0.3 is 0 Å². The first kappa shape index (κ1) is 17.9. The summed E-state index contributed by atoms with van der Waals surface area (Å²) in [5.41, 5.74) is 2.78. The number of methoxy groups -OCH3 is 1. The van der Waals surface area contributed by atoms with Gasteiger partial charge in [-0.05, 0) is 69.5 Å². The van der Waals surface area contributed by atoms with Gasteiger partial charge in [-0.1, -0.05) is 0 Å². The number of carbonyl (C=O) groups excluding carboxylic acids is 1. The van der Waals surface area contributed by atoms with Gasteiger partial charge in [0.15, 0.2) is 0 Å². The topological polar surface area (TPSA) is 63.2 Å². The third kappa shape index (κ3) is 4.38. The van der Waals surface area contributed by atoms with Gasteiger partial charge < -0.3 is 15.4 Å². The van der Waals surface area contributed by atoms with Crippen LogP contribution in [0, 0.1) is 19.8 Å². The Balaban J connectivity index is 1.70. The maximum atomic E-state index is 12.5. The lowest BCUT2D eigenvalue weighted by atomic mass is 9.96. The fraction of sp³-hybridized carbons (Fsp3) is 0.474. The summed E-state index contributed by atoms with van der Waals surface area (Å²) in [6.07, 6.45) is 2.11. The summed E-state index contributed by atoms with van der Waals surface area (Å²) in [6.45, 7) is 6.58. The maximum Gasteiger partial charge on any atom is 0.251 e. The van der Waals surface area contributed by atoms with Crippen molar-refractivity contribution in [3.05, 3.63) is 44.9 Å². The van der Waals surface area contributed by atoms with Crippen molar-refractivity contribution in [3.8, 4) is 5.75 Å². The van der Waals surface area contributed by atoms with Crippen molar-refractivity contribution in [1.82, 2.24) is 15.6 Å². The summed E-state index contributed by atoms with van der Waals surface area (Å²) in [4.78, 5) is 18.1. The molecule has 0 radical (unpaired) electrons. The molecule has 3 rings (SSSR count). The minimum Gasteiger partial charge on any atom is -0.496 e. The molecule has 6 heteroatoms. The van der Waals surface area contributed by atoms with Crippen molar-refractivity contribution >= 4 is 17.2 Å². The Labute approximate surface area is 152 Å². The zero-order valence-corrected chi connectivity index (χ0v) is 15.8. The fourth-order valence-corrected chi connectivity index (χ4v) is 4.16. The first-order chi connectivity index (χ1) is 12.1. The zero-order chi connectivity index (χ0) is 17.8. The van der Waals surface area contributed by atoms with Crippen molar-refractivity contribution in [2.75, 3.05) is 20.2 Å². The van der Waals surface area contributed by atoms with Gasteiger partial charge in [-0.15, -0.1) is 11.3 Å². The second-order valence-electron chi connectivity index (χ2n) is 6.51. The molecule has 1 fully saturated rings. The second kappa shape index (κ2) is 7.97. The number of nitrogens with zero attached hydrogens (tertiary/aromatic N) is 1. The van der Waals surface area contributed by atoms with Gasteiger partial charge in [-0.2, -0.15) is 0 Å². The Kier molecular flexibility index (Phi) is 5.71. The molecule has 1 saturated heterocycles. The van der Waals surface area contributed by atoms with Gasteiger partial charge in [0.05, 0.1) is 24.4 Å². The number of aryl methyl sites for hydroxylation is 2. The highest BCUT2D eigenvalue weighted by atomic mass is 32.1. The van der Waals surface area contributed by atoms with Crippen molar-refractivity contribution < 1.29 is 9.53 Å². The van der Waals surface area contributed by atoms with E-state index in [1.165, 1.54) is 6.42 Å². The number of ether oxygens (including phenoxy) is 1. The Morgan fingerprint density at radius 3 is 2.92 bits per heavy atom. The number of nitrogens with one attached hydrogen (secondary N) is 2. The SMILES string of the molecule is COc1ccc(C(=O)NCc2sc(C)nc2C)cc1CC1CCNC1. The predicted molar refractivity (Wildman–Crippen MR) is 100 cm³/mol. The molecule has 2 heterocycles. The summed E-state index contributed by atoms with van der Waals surface area (Å²) in [6, 6.07) is 5.70. The van der Waals surface area contributed by atoms with Crippen LogP contribution >= 0.6 is 11.3 Å². The lowest BCUT2D eigenvalue weighted by Crippen LogP contribution is -2.23. The van der Waals surface area contributed by atoms with E-state index < -0.39 is 0 Å². The van der Waals surface area contributed by atoms with Gasteiger partial charge in [-0.25, -0.2) is 4.98 Å². The Bertz CT molecular complexity index is 751. The first-order valence-corrected chi connectivity index (χ1v) is 9.47. The maximum absolute atomic E-state index is 12.5. The lowest BCUT2D eigenvalue weighted by molar-refractivity contribution is 0.0951. The number of hydrogen-bond donors (Lipinski definition) is 2. The summed E-state index contributed by atoms with van der Waals surface area (Å²) in [5.74, 6) is 1.41. The molecule has 1 amide bonds. The molecule has 0 saturated carbocycles. The summed E-state index contributed by atoms with van der Waals surface area (Å²) < 4.78 is 5.48. The average molecular weight is 359 g/mol. The van der Waals surface area contributed by atoms with E-state index in [1.807, 2.05) is 32.0 Å². The van der Waals surface area contributed by atoms with Crippen LogP contribution in [0.1, 0.15) is 37.9 Å². The first-order valence-electron chi connectivity index (χ1n) is 8.65. The molecule has 25 heavy (non-hydrogen) atoms. The van der Waals surface area contributed by atoms with E-state index >= 15 is 0 Å². The quantitative estimate of drug-likeness (QED) is 0.832. The van der Waals surface area contributed by atoms with Crippen LogP contribution in [-0.2, 0) is 13.0 Å². The second-order valence-corrected chi connectivity index (χ2v) is 7.80. The summed E-state index contributed by atoms with van der Waals surface area (Å²) >= 11 is 1.63. The van der Waals surface area contributed by atoms with Crippen molar-refractivity contribution in [2.45, 2.75) is 33.2 Å². The number of rotatable bonds is 6. The predicted octanol–water partition coefficient (Wildman–Crippen LogP) is 2.85. The molecule has 0 bridgehead atoms.